The van der Waals surface area contributed by atoms with E-state index in [1.165, 1.54) is 11.3 Å². The van der Waals surface area contributed by atoms with Gasteiger partial charge in [-0.3, -0.25) is 10.1 Å². The Bertz CT molecular complexity index is 1190. The van der Waals surface area contributed by atoms with E-state index < -0.39 is 0 Å². The lowest BCUT2D eigenvalue weighted by Crippen LogP contribution is -2.13. The Kier molecular flexibility index (Phi) is 6.82. The van der Waals surface area contributed by atoms with E-state index in [4.69, 9.17) is 5.73 Å². The van der Waals surface area contributed by atoms with E-state index in [1.807, 2.05) is 78.9 Å². The van der Waals surface area contributed by atoms with Gasteiger partial charge in [-0.15, -0.1) is 0 Å². The maximum Gasteiger partial charge on any atom is 0.258 e. The van der Waals surface area contributed by atoms with Crippen LogP contribution in [-0.2, 0) is 0 Å². The number of anilines is 3. The number of carbonyl (C=O) groups excluding carboxylic acids is 1. The highest BCUT2D eigenvalue weighted by molar-refractivity contribution is 7.20. The van der Waals surface area contributed by atoms with Crippen molar-refractivity contribution >= 4 is 33.1 Å². The Morgan fingerprint density at radius 3 is 2.34 bits per heavy atom. The molecule has 0 radical (unpaired) electrons. The zero-order chi connectivity index (χ0) is 22.3. The van der Waals surface area contributed by atoms with Crippen molar-refractivity contribution in [2.75, 3.05) is 22.9 Å². The standard InChI is InChI=1S/C26H26N4OS/c1-2-3-16-28-20-14-15-21(22(17-20)18-10-6-4-7-11-18)25(31)30-26-29-23(24(27)32-26)19-12-8-5-9-13-19/h4-15,17,28H,2-3,16,27H2,1H3,(H,29,30,31). The zero-order valence-electron chi connectivity index (χ0n) is 18.0. The van der Waals surface area contributed by atoms with Crippen LogP contribution in [0.4, 0.5) is 15.8 Å². The molecule has 1 amide bonds. The molecule has 0 unspecified atom stereocenters. The summed E-state index contributed by atoms with van der Waals surface area (Å²) in [5, 5.41) is 7.44. The van der Waals surface area contributed by atoms with Gasteiger partial charge >= 0.3 is 0 Å². The number of thiazole rings is 1. The molecule has 162 valence electrons. The molecule has 0 spiro atoms. The molecule has 0 bridgehead atoms. The Hall–Kier alpha value is -3.64. The Balaban J connectivity index is 1.62. The van der Waals surface area contributed by atoms with Crippen molar-refractivity contribution in [1.29, 1.82) is 0 Å². The zero-order valence-corrected chi connectivity index (χ0v) is 18.8. The van der Waals surface area contributed by atoms with Crippen molar-refractivity contribution in [3.8, 4) is 22.4 Å². The van der Waals surface area contributed by atoms with E-state index in [0.29, 0.717) is 21.4 Å². The second-order valence-corrected chi connectivity index (χ2v) is 8.49. The third-order valence-electron chi connectivity index (χ3n) is 5.13. The monoisotopic (exact) mass is 442 g/mol. The van der Waals surface area contributed by atoms with Gasteiger partial charge < -0.3 is 11.1 Å². The molecule has 0 atom stereocenters. The number of hydrogen-bond acceptors (Lipinski definition) is 5. The maximum atomic E-state index is 13.2. The summed E-state index contributed by atoms with van der Waals surface area (Å²) in [5.41, 5.74) is 11.2. The molecule has 0 fully saturated rings. The highest BCUT2D eigenvalue weighted by atomic mass is 32.1. The summed E-state index contributed by atoms with van der Waals surface area (Å²) in [5.74, 6) is -0.211. The van der Waals surface area contributed by atoms with Gasteiger partial charge in [-0.05, 0) is 35.7 Å². The Morgan fingerprint density at radius 1 is 0.969 bits per heavy atom. The molecule has 0 aliphatic rings. The summed E-state index contributed by atoms with van der Waals surface area (Å²) in [7, 11) is 0. The third kappa shape index (κ3) is 4.98. The number of nitrogens with two attached hydrogens (primary N) is 1. The molecule has 1 aromatic heterocycles. The van der Waals surface area contributed by atoms with Crippen LogP contribution in [0.15, 0.2) is 78.9 Å². The number of benzene rings is 3. The van der Waals surface area contributed by atoms with Crippen molar-refractivity contribution in [3.63, 3.8) is 0 Å². The number of nitrogens with zero attached hydrogens (tertiary/aromatic N) is 1. The van der Waals surface area contributed by atoms with Crippen LogP contribution in [0.2, 0.25) is 0 Å². The van der Waals surface area contributed by atoms with Gasteiger partial charge in [-0.25, -0.2) is 4.98 Å². The van der Waals surface area contributed by atoms with Crippen LogP contribution in [0.5, 0.6) is 0 Å². The fourth-order valence-corrected chi connectivity index (χ4v) is 4.22. The first-order valence-electron chi connectivity index (χ1n) is 10.7. The number of aromatic nitrogens is 1. The number of amides is 1. The second-order valence-electron chi connectivity index (χ2n) is 7.46. The normalized spacial score (nSPS) is 10.7. The fourth-order valence-electron chi connectivity index (χ4n) is 3.47. The van der Waals surface area contributed by atoms with Crippen molar-refractivity contribution in [1.82, 2.24) is 4.98 Å². The number of nitrogen functional groups attached to an aromatic ring is 1. The molecule has 32 heavy (non-hydrogen) atoms. The first-order chi connectivity index (χ1) is 15.7. The van der Waals surface area contributed by atoms with Crippen LogP contribution in [-0.4, -0.2) is 17.4 Å². The topological polar surface area (TPSA) is 80.0 Å². The predicted molar refractivity (Wildman–Crippen MR) is 135 cm³/mol. The summed E-state index contributed by atoms with van der Waals surface area (Å²) in [6, 6.07) is 25.5. The lowest BCUT2D eigenvalue weighted by atomic mass is 9.98. The molecule has 5 nitrogen and oxygen atoms in total. The third-order valence-corrected chi connectivity index (χ3v) is 5.93. The van der Waals surface area contributed by atoms with Crippen molar-refractivity contribution in [3.05, 3.63) is 84.4 Å². The van der Waals surface area contributed by atoms with Gasteiger partial charge in [0.05, 0.1) is 0 Å². The molecule has 0 aliphatic carbocycles. The molecular weight excluding hydrogens is 416 g/mol. The molecule has 0 saturated carbocycles. The molecule has 4 aromatic rings. The number of rotatable bonds is 8. The van der Waals surface area contributed by atoms with Gasteiger partial charge in [-0.2, -0.15) is 0 Å². The van der Waals surface area contributed by atoms with Crippen LogP contribution in [0.25, 0.3) is 22.4 Å². The lowest BCUT2D eigenvalue weighted by molar-refractivity contribution is 0.102. The van der Waals surface area contributed by atoms with Crippen LogP contribution in [0, 0.1) is 0 Å². The minimum Gasteiger partial charge on any atom is -0.389 e. The molecular formula is C26H26N4OS. The minimum absolute atomic E-state index is 0.211. The smallest absolute Gasteiger partial charge is 0.258 e. The van der Waals surface area contributed by atoms with E-state index in [1.54, 1.807) is 0 Å². The van der Waals surface area contributed by atoms with Gasteiger partial charge in [0.1, 0.15) is 10.7 Å². The first-order valence-corrected chi connectivity index (χ1v) is 11.5. The molecule has 6 heteroatoms. The van der Waals surface area contributed by atoms with Crippen LogP contribution < -0.4 is 16.4 Å². The molecule has 3 aromatic carbocycles. The summed E-state index contributed by atoms with van der Waals surface area (Å²) >= 11 is 1.27. The molecule has 4 rings (SSSR count). The van der Waals surface area contributed by atoms with Crippen molar-refractivity contribution < 1.29 is 4.79 Å². The average molecular weight is 443 g/mol. The summed E-state index contributed by atoms with van der Waals surface area (Å²) in [4.78, 5) is 17.8. The fraction of sp³-hybridized carbons (Fsp3) is 0.154. The molecule has 0 saturated heterocycles. The van der Waals surface area contributed by atoms with E-state index in [-0.39, 0.29) is 5.91 Å². The van der Waals surface area contributed by atoms with Gasteiger partial charge in [0.2, 0.25) is 0 Å². The Morgan fingerprint density at radius 2 is 1.66 bits per heavy atom. The Labute approximate surface area is 192 Å². The maximum absolute atomic E-state index is 13.2. The average Bonchev–Trinajstić information content (AvgIpc) is 3.20. The van der Waals surface area contributed by atoms with E-state index in [2.05, 4.69) is 22.5 Å². The van der Waals surface area contributed by atoms with Gasteiger partial charge in [0.15, 0.2) is 5.13 Å². The number of unbranched alkanes of at least 4 members (excludes halogenated alkanes) is 1. The number of carbonyl (C=O) groups is 1. The summed E-state index contributed by atoms with van der Waals surface area (Å²) < 4.78 is 0. The number of hydrogen-bond donors (Lipinski definition) is 3. The minimum atomic E-state index is -0.211. The van der Waals surface area contributed by atoms with E-state index in [9.17, 15) is 4.79 Å². The van der Waals surface area contributed by atoms with Gasteiger partial charge in [0, 0.05) is 23.4 Å². The van der Waals surface area contributed by atoms with Gasteiger partial charge in [-0.1, -0.05) is 85.3 Å². The number of nitrogens with one attached hydrogen (secondary N) is 2. The van der Waals surface area contributed by atoms with Crippen LogP contribution in [0.3, 0.4) is 0 Å². The molecule has 0 aliphatic heterocycles. The summed E-state index contributed by atoms with van der Waals surface area (Å²) in [6.07, 6.45) is 2.22. The largest absolute Gasteiger partial charge is 0.389 e. The highest BCUT2D eigenvalue weighted by Crippen LogP contribution is 2.34. The second kappa shape index (κ2) is 10.1. The molecule has 1 heterocycles. The van der Waals surface area contributed by atoms with Crippen molar-refractivity contribution in [2.45, 2.75) is 19.8 Å². The van der Waals surface area contributed by atoms with Crippen LogP contribution >= 0.6 is 11.3 Å². The highest BCUT2D eigenvalue weighted by Gasteiger charge is 2.17. The molecule has 4 N–H and O–H groups in total. The lowest BCUT2D eigenvalue weighted by Gasteiger charge is -2.13. The SMILES string of the molecule is CCCCNc1ccc(C(=O)Nc2nc(-c3ccccc3)c(N)s2)c(-c2ccccc2)c1. The van der Waals surface area contributed by atoms with E-state index in [0.717, 1.165) is 41.8 Å². The van der Waals surface area contributed by atoms with Gasteiger partial charge in [0.25, 0.3) is 5.91 Å². The van der Waals surface area contributed by atoms with Crippen molar-refractivity contribution in [2.24, 2.45) is 0 Å². The summed E-state index contributed by atoms with van der Waals surface area (Å²) in [6.45, 7) is 3.07. The quantitative estimate of drug-likeness (QED) is 0.271. The first kappa shape index (κ1) is 21.6. The predicted octanol–water partition coefficient (Wildman–Crippen LogP) is 6.52. The van der Waals surface area contributed by atoms with E-state index >= 15 is 0 Å². The van der Waals surface area contributed by atoms with Crippen LogP contribution in [0.1, 0.15) is 30.1 Å².